The standard InChI is InChI=1S/C16H25ClN2O2S/c1-10(2)22-13-8-6-7-11(17)14(13)12(9-18)19-15(20)21-16(3,4)5/h6-8,10,12H,9,18H2,1-5H3,(H,19,20). The van der Waals surface area contributed by atoms with Crippen molar-refractivity contribution in [3.63, 3.8) is 0 Å². The van der Waals surface area contributed by atoms with Crippen LogP contribution in [0.2, 0.25) is 5.02 Å². The van der Waals surface area contributed by atoms with Gasteiger partial charge in [0.2, 0.25) is 0 Å². The number of alkyl carbamates (subject to hydrolysis) is 1. The van der Waals surface area contributed by atoms with E-state index in [9.17, 15) is 4.79 Å². The molecule has 0 heterocycles. The van der Waals surface area contributed by atoms with Gasteiger partial charge in [0.15, 0.2) is 0 Å². The van der Waals surface area contributed by atoms with Gasteiger partial charge in [0, 0.05) is 27.3 Å². The Bertz CT molecular complexity index is 515. The third-order valence-electron chi connectivity index (χ3n) is 2.65. The Morgan fingerprint density at radius 1 is 1.41 bits per heavy atom. The predicted octanol–water partition coefficient (Wildman–Crippen LogP) is 4.37. The van der Waals surface area contributed by atoms with Gasteiger partial charge in [-0.25, -0.2) is 4.79 Å². The van der Waals surface area contributed by atoms with E-state index < -0.39 is 11.7 Å². The number of carbonyl (C=O) groups is 1. The summed E-state index contributed by atoms with van der Waals surface area (Å²) in [5.74, 6) is 0. The smallest absolute Gasteiger partial charge is 0.408 e. The van der Waals surface area contributed by atoms with Crippen LogP contribution in [0.5, 0.6) is 0 Å². The van der Waals surface area contributed by atoms with Crippen molar-refractivity contribution in [1.29, 1.82) is 0 Å². The number of benzene rings is 1. The molecule has 0 saturated heterocycles. The van der Waals surface area contributed by atoms with Gasteiger partial charge in [0.25, 0.3) is 0 Å². The number of nitrogens with one attached hydrogen (secondary N) is 1. The highest BCUT2D eigenvalue weighted by atomic mass is 35.5. The fourth-order valence-electron chi connectivity index (χ4n) is 1.91. The van der Waals surface area contributed by atoms with E-state index in [2.05, 4.69) is 19.2 Å². The number of thioether (sulfide) groups is 1. The van der Waals surface area contributed by atoms with Crippen LogP contribution in [-0.4, -0.2) is 23.5 Å². The fraction of sp³-hybridized carbons (Fsp3) is 0.562. The summed E-state index contributed by atoms with van der Waals surface area (Å²) in [7, 11) is 0. The first-order valence-electron chi connectivity index (χ1n) is 7.28. The van der Waals surface area contributed by atoms with Crippen LogP contribution < -0.4 is 11.1 Å². The van der Waals surface area contributed by atoms with Gasteiger partial charge < -0.3 is 15.8 Å². The number of amides is 1. The van der Waals surface area contributed by atoms with Gasteiger partial charge in [0.1, 0.15) is 5.60 Å². The molecule has 22 heavy (non-hydrogen) atoms. The highest BCUT2D eigenvalue weighted by Gasteiger charge is 2.23. The largest absolute Gasteiger partial charge is 0.444 e. The van der Waals surface area contributed by atoms with Crippen LogP contribution in [0.15, 0.2) is 23.1 Å². The first kappa shape index (κ1) is 19.1. The summed E-state index contributed by atoms with van der Waals surface area (Å²) in [5, 5.41) is 3.80. The topological polar surface area (TPSA) is 64.3 Å². The van der Waals surface area contributed by atoms with Gasteiger partial charge in [-0.2, -0.15) is 0 Å². The highest BCUT2D eigenvalue weighted by Crippen LogP contribution is 2.35. The predicted molar refractivity (Wildman–Crippen MR) is 93.6 cm³/mol. The number of halogens is 1. The summed E-state index contributed by atoms with van der Waals surface area (Å²) in [6.45, 7) is 9.91. The monoisotopic (exact) mass is 344 g/mol. The van der Waals surface area contributed by atoms with Gasteiger partial charge in [-0.3, -0.25) is 0 Å². The minimum Gasteiger partial charge on any atom is -0.444 e. The summed E-state index contributed by atoms with van der Waals surface area (Å²) >= 11 is 8.03. The van der Waals surface area contributed by atoms with Crippen molar-refractivity contribution in [2.75, 3.05) is 6.54 Å². The van der Waals surface area contributed by atoms with E-state index in [0.717, 1.165) is 10.5 Å². The summed E-state index contributed by atoms with van der Waals surface area (Å²) < 4.78 is 5.30. The minimum atomic E-state index is -0.556. The zero-order chi connectivity index (χ0) is 16.9. The van der Waals surface area contributed by atoms with Crippen LogP contribution in [0.4, 0.5) is 4.79 Å². The molecule has 0 radical (unpaired) electrons. The molecule has 6 heteroatoms. The van der Waals surface area contributed by atoms with Crippen LogP contribution in [-0.2, 0) is 4.74 Å². The molecule has 0 aliphatic carbocycles. The number of carbonyl (C=O) groups excluding carboxylic acids is 1. The second kappa shape index (κ2) is 8.09. The van der Waals surface area contributed by atoms with Crippen LogP contribution in [0.25, 0.3) is 0 Å². The minimum absolute atomic E-state index is 0.245. The molecule has 1 unspecified atom stereocenters. The molecule has 1 aromatic rings. The van der Waals surface area contributed by atoms with E-state index in [4.69, 9.17) is 22.1 Å². The molecular formula is C16H25ClN2O2S. The number of hydrogen-bond acceptors (Lipinski definition) is 4. The molecule has 0 spiro atoms. The molecule has 0 bridgehead atoms. The third kappa shape index (κ3) is 6.07. The molecule has 0 aliphatic heterocycles. The van der Waals surface area contributed by atoms with Gasteiger partial charge in [-0.05, 0) is 32.9 Å². The Balaban J connectivity index is 3.02. The zero-order valence-corrected chi connectivity index (χ0v) is 15.3. The first-order chi connectivity index (χ1) is 10.1. The van der Waals surface area contributed by atoms with E-state index in [-0.39, 0.29) is 12.6 Å². The van der Waals surface area contributed by atoms with Crippen LogP contribution in [0.1, 0.15) is 46.2 Å². The lowest BCUT2D eigenvalue weighted by molar-refractivity contribution is 0.0504. The summed E-state index contributed by atoms with van der Waals surface area (Å²) in [5.41, 5.74) is 6.13. The van der Waals surface area contributed by atoms with Gasteiger partial charge in [-0.15, -0.1) is 11.8 Å². The summed E-state index contributed by atoms with van der Waals surface area (Å²) in [6.07, 6.45) is -0.497. The Labute approximate surface area is 142 Å². The van der Waals surface area contributed by atoms with E-state index in [0.29, 0.717) is 10.3 Å². The maximum absolute atomic E-state index is 12.0. The van der Waals surface area contributed by atoms with E-state index in [1.807, 2.05) is 32.9 Å². The Kier molecular flexibility index (Phi) is 7.03. The van der Waals surface area contributed by atoms with Gasteiger partial charge in [-0.1, -0.05) is 31.5 Å². The highest BCUT2D eigenvalue weighted by molar-refractivity contribution is 8.00. The molecule has 1 aromatic carbocycles. The number of ether oxygens (including phenoxy) is 1. The van der Waals surface area contributed by atoms with Crippen molar-refractivity contribution in [3.05, 3.63) is 28.8 Å². The molecule has 1 atom stereocenters. The SMILES string of the molecule is CC(C)Sc1cccc(Cl)c1C(CN)NC(=O)OC(C)(C)C. The average molecular weight is 345 g/mol. The lowest BCUT2D eigenvalue weighted by Gasteiger charge is -2.25. The lowest BCUT2D eigenvalue weighted by Crippen LogP contribution is -2.38. The van der Waals surface area contributed by atoms with Crippen LogP contribution in [0.3, 0.4) is 0 Å². The van der Waals surface area contributed by atoms with Crippen molar-refractivity contribution in [1.82, 2.24) is 5.32 Å². The van der Waals surface area contributed by atoms with Crippen LogP contribution >= 0.6 is 23.4 Å². The van der Waals surface area contributed by atoms with Crippen molar-refractivity contribution in [2.45, 2.75) is 56.4 Å². The number of rotatable bonds is 5. The van der Waals surface area contributed by atoms with Crippen molar-refractivity contribution in [3.8, 4) is 0 Å². The molecule has 0 aliphatic rings. The molecule has 3 N–H and O–H groups in total. The Hall–Kier alpha value is -0.910. The maximum atomic E-state index is 12.0. The molecule has 4 nitrogen and oxygen atoms in total. The molecule has 1 rings (SSSR count). The second-order valence-corrected chi connectivity index (χ2v) is 8.28. The molecule has 0 saturated carbocycles. The van der Waals surface area contributed by atoms with Crippen molar-refractivity contribution < 1.29 is 9.53 Å². The summed E-state index contributed by atoms with van der Waals surface area (Å²) in [4.78, 5) is 13.0. The van der Waals surface area contributed by atoms with Gasteiger partial charge in [0.05, 0.1) is 6.04 Å². The third-order valence-corrected chi connectivity index (χ3v) is 4.06. The maximum Gasteiger partial charge on any atom is 0.408 e. The summed E-state index contributed by atoms with van der Waals surface area (Å²) in [6, 6.07) is 5.31. The van der Waals surface area contributed by atoms with Crippen molar-refractivity contribution in [2.24, 2.45) is 5.73 Å². The first-order valence-corrected chi connectivity index (χ1v) is 8.54. The second-order valence-electron chi connectivity index (χ2n) is 6.25. The van der Waals surface area contributed by atoms with Gasteiger partial charge >= 0.3 is 6.09 Å². The quantitative estimate of drug-likeness (QED) is 0.779. The Morgan fingerprint density at radius 2 is 2.05 bits per heavy atom. The fourth-order valence-corrected chi connectivity index (χ4v) is 3.32. The normalized spacial score (nSPS) is 13.1. The molecular weight excluding hydrogens is 320 g/mol. The van der Waals surface area contributed by atoms with Crippen molar-refractivity contribution >= 4 is 29.5 Å². The van der Waals surface area contributed by atoms with E-state index in [1.165, 1.54) is 0 Å². The average Bonchev–Trinajstić information content (AvgIpc) is 2.34. The van der Waals surface area contributed by atoms with E-state index >= 15 is 0 Å². The molecule has 1 amide bonds. The molecule has 0 aromatic heterocycles. The van der Waals surface area contributed by atoms with Crippen LogP contribution in [0, 0.1) is 0 Å². The number of hydrogen-bond donors (Lipinski definition) is 2. The zero-order valence-electron chi connectivity index (χ0n) is 13.8. The lowest BCUT2D eigenvalue weighted by atomic mass is 10.1. The number of nitrogens with two attached hydrogens (primary N) is 1. The molecule has 0 fully saturated rings. The molecule has 124 valence electrons. The Morgan fingerprint density at radius 3 is 2.55 bits per heavy atom. The van der Waals surface area contributed by atoms with E-state index in [1.54, 1.807) is 17.8 Å².